The Morgan fingerprint density at radius 3 is 2.76 bits per heavy atom. The van der Waals surface area contributed by atoms with E-state index in [1.165, 1.54) is 12.1 Å². The number of benzene rings is 1. The fourth-order valence-corrected chi connectivity index (χ4v) is 2.09. The van der Waals surface area contributed by atoms with Crippen molar-refractivity contribution >= 4 is 22.0 Å². The minimum atomic E-state index is -4.09. The first-order valence-corrected chi connectivity index (χ1v) is 7.51. The summed E-state index contributed by atoms with van der Waals surface area (Å²) >= 11 is 0. The summed E-state index contributed by atoms with van der Waals surface area (Å²) in [4.78, 5) is 11.3. The predicted octanol–water partition coefficient (Wildman–Crippen LogP) is 0.822. The highest BCUT2D eigenvalue weighted by Gasteiger charge is 2.16. The molecule has 114 valence electrons. The Hall–Kier alpha value is -2.24. The fourth-order valence-electron chi connectivity index (χ4n) is 1.33. The maximum Gasteiger partial charge on any atom is 0.422 e. The van der Waals surface area contributed by atoms with E-state index in [0.717, 1.165) is 0 Å². The Balaban J connectivity index is 2.77. The summed E-state index contributed by atoms with van der Waals surface area (Å²) in [6.07, 6.45) is -1.49. The standard InChI is InChI=1S/C13H16N2O5S/c1-10(2)20-13(17)15-21(18,19)14-12-7-3-5-11(9-12)6-4-8-16/h3,5,7,9-10,14,16H,8H2,1-2H3,(H,15,17). The van der Waals surface area contributed by atoms with E-state index >= 15 is 0 Å². The van der Waals surface area contributed by atoms with Crippen molar-refractivity contribution in [2.75, 3.05) is 11.3 Å². The molecule has 0 aliphatic carbocycles. The van der Waals surface area contributed by atoms with Crippen molar-refractivity contribution in [3.63, 3.8) is 0 Å². The van der Waals surface area contributed by atoms with Crippen LogP contribution in [-0.2, 0) is 14.9 Å². The highest BCUT2D eigenvalue weighted by atomic mass is 32.2. The Bertz CT molecular complexity index is 659. The smallest absolute Gasteiger partial charge is 0.422 e. The van der Waals surface area contributed by atoms with Crippen LogP contribution in [0.2, 0.25) is 0 Å². The molecule has 1 rings (SSSR count). The van der Waals surface area contributed by atoms with Gasteiger partial charge in [0.15, 0.2) is 0 Å². The summed E-state index contributed by atoms with van der Waals surface area (Å²) in [7, 11) is -4.09. The largest absolute Gasteiger partial charge is 0.446 e. The van der Waals surface area contributed by atoms with E-state index in [1.54, 1.807) is 30.7 Å². The summed E-state index contributed by atoms with van der Waals surface area (Å²) in [6, 6.07) is 6.21. The molecule has 0 heterocycles. The maximum absolute atomic E-state index is 11.7. The number of carbonyl (C=O) groups excluding carboxylic acids is 1. The molecule has 3 N–H and O–H groups in total. The van der Waals surface area contributed by atoms with Crippen LogP contribution in [0.15, 0.2) is 24.3 Å². The topological polar surface area (TPSA) is 105 Å². The summed E-state index contributed by atoms with van der Waals surface area (Å²) in [6.45, 7) is 2.91. The first kappa shape index (κ1) is 16.8. The molecule has 21 heavy (non-hydrogen) atoms. The van der Waals surface area contributed by atoms with Crippen LogP contribution in [-0.4, -0.2) is 32.3 Å². The van der Waals surface area contributed by atoms with Crippen LogP contribution in [0.1, 0.15) is 19.4 Å². The van der Waals surface area contributed by atoms with Crippen molar-refractivity contribution in [3.05, 3.63) is 29.8 Å². The van der Waals surface area contributed by atoms with E-state index < -0.39 is 22.4 Å². The lowest BCUT2D eigenvalue weighted by molar-refractivity contribution is 0.121. The molecule has 8 heteroatoms. The van der Waals surface area contributed by atoms with Gasteiger partial charge in [0.1, 0.15) is 6.61 Å². The van der Waals surface area contributed by atoms with Gasteiger partial charge in [0, 0.05) is 5.56 Å². The molecule has 0 aliphatic heterocycles. The Morgan fingerprint density at radius 1 is 1.43 bits per heavy atom. The molecule has 0 saturated heterocycles. The van der Waals surface area contributed by atoms with E-state index in [-0.39, 0.29) is 12.3 Å². The molecule has 0 bridgehead atoms. The number of carbonyl (C=O) groups is 1. The van der Waals surface area contributed by atoms with Crippen LogP contribution in [0.5, 0.6) is 0 Å². The van der Waals surface area contributed by atoms with Crippen molar-refractivity contribution < 1.29 is 23.1 Å². The number of aliphatic hydroxyl groups is 1. The van der Waals surface area contributed by atoms with Crippen LogP contribution in [0, 0.1) is 11.8 Å². The van der Waals surface area contributed by atoms with Crippen LogP contribution < -0.4 is 9.44 Å². The van der Waals surface area contributed by atoms with Gasteiger partial charge in [-0.15, -0.1) is 0 Å². The van der Waals surface area contributed by atoms with Gasteiger partial charge in [0.05, 0.1) is 11.8 Å². The molecule has 0 unspecified atom stereocenters. The number of rotatable bonds is 4. The second kappa shape index (κ2) is 7.52. The molecular formula is C13H16N2O5S. The third-order valence-corrected chi connectivity index (χ3v) is 2.93. The number of nitrogens with one attached hydrogen (secondary N) is 2. The van der Waals surface area contributed by atoms with Crippen molar-refractivity contribution in [3.8, 4) is 11.8 Å². The van der Waals surface area contributed by atoms with Gasteiger partial charge in [0.25, 0.3) is 0 Å². The molecule has 1 amide bonds. The van der Waals surface area contributed by atoms with Gasteiger partial charge >= 0.3 is 16.3 Å². The van der Waals surface area contributed by atoms with Gasteiger partial charge in [0.2, 0.25) is 0 Å². The molecule has 1 aromatic carbocycles. The van der Waals surface area contributed by atoms with Crippen LogP contribution in [0.4, 0.5) is 10.5 Å². The van der Waals surface area contributed by atoms with Crippen molar-refractivity contribution in [2.24, 2.45) is 0 Å². The molecule has 0 saturated carbocycles. The molecule has 1 aromatic rings. The van der Waals surface area contributed by atoms with Crippen LogP contribution in [0.3, 0.4) is 0 Å². The first-order chi connectivity index (χ1) is 9.82. The molecule has 7 nitrogen and oxygen atoms in total. The van der Waals surface area contributed by atoms with Crippen molar-refractivity contribution in [2.45, 2.75) is 20.0 Å². The molecular weight excluding hydrogens is 296 g/mol. The van der Waals surface area contributed by atoms with E-state index in [0.29, 0.717) is 5.56 Å². The van der Waals surface area contributed by atoms with Gasteiger partial charge in [-0.05, 0) is 32.0 Å². The quantitative estimate of drug-likeness (QED) is 0.714. The third kappa shape index (κ3) is 6.65. The third-order valence-electron chi connectivity index (χ3n) is 1.99. The minimum absolute atomic E-state index is 0.226. The van der Waals surface area contributed by atoms with Gasteiger partial charge < -0.3 is 9.84 Å². The minimum Gasteiger partial charge on any atom is -0.446 e. The highest BCUT2D eigenvalue weighted by Crippen LogP contribution is 2.11. The summed E-state index contributed by atoms with van der Waals surface area (Å²) in [5.41, 5.74) is 0.749. The summed E-state index contributed by atoms with van der Waals surface area (Å²) in [5, 5.41) is 8.61. The fraction of sp³-hybridized carbons (Fsp3) is 0.308. The van der Waals surface area contributed by atoms with E-state index in [4.69, 9.17) is 5.11 Å². The van der Waals surface area contributed by atoms with Crippen molar-refractivity contribution in [1.82, 2.24) is 4.72 Å². The van der Waals surface area contributed by atoms with Gasteiger partial charge in [-0.1, -0.05) is 17.9 Å². The van der Waals surface area contributed by atoms with Gasteiger partial charge in [-0.2, -0.15) is 8.42 Å². The Labute approximate surface area is 123 Å². The van der Waals surface area contributed by atoms with Crippen LogP contribution >= 0.6 is 0 Å². The lowest BCUT2D eigenvalue weighted by Gasteiger charge is -2.11. The molecule has 0 aromatic heterocycles. The normalized spacial score (nSPS) is 10.5. The zero-order valence-electron chi connectivity index (χ0n) is 11.6. The van der Waals surface area contributed by atoms with E-state index in [1.807, 2.05) is 0 Å². The van der Waals surface area contributed by atoms with E-state index in [9.17, 15) is 13.2 Å². The number of ether oxygens (including phenoxy) is 1. The molecule has 0 radical (unpaired) electrons. The number of aliphatic hydroxyl groups excluding tert-OH is 1. The molecule has 0 fully saturated rings. The zero-order valence-corrected chi connectivity index (χ0v) is 12.4. The average Bonchev–Trinajstić information content (AvgIpc) is 2.34. The van der Waals surface area contributed by atoms with Gasteiger partial charge in [-0.25, -0.2) is 9.52 Å². The zero-order chi connectivity index (χ0) is 15.9. The number of amides is 1. The predicted molar refractivity (Wildman–Crippen MR) is 77.7 cm³/mol. The molecule has 0 spiro atoms. The lowest BCUT2D eigenvalue weighted by Crippen LogP contribution is -2.36. The first-order valence-electron chi connectivity index (χ1n) is 6.03. The van der Waals surface area contributed by atoms with Gasteiger partial charge in [-0.3, -0.25) is 4.72 Å². The maximum atomic E-state index is 11.7. The highest BCUT2D eigenvalue weighted by molar-refractivity contribution is 7.91. The summed E-state index contributed by atoms with van der Waals surface area (Å²) in [5.74, 6) is 5.09. The second-order valence-electron chi connectivity index (χ2n) is 4.20. The number of hydrogen-bond acceptors (Lipinski definition) is 5. The Morgan fingerprint density at radius 2 is 2.14 bits per heavy atom. The molecule has 0 aliphatic rings. The Kier molecular flexibility index (Phi) is 6.02. The molecule has 0 atom stereocenters. The average molecular weight is 312 g/mol. The number of hydrogen-bond donors (Lipinski definition) is 3. The van der Waals surface area contributed by atoms with E-state index in [2.05, 4.69) is 21.3 Å². The SMILES string of the molecule is CC(C)OC(=O)NS(=O)(=O)Nc1cccc(C#CCO)c1. The lowest BCUT2D eigenvalue weighted by atomic mass is 10.2. The summed E-state index contributed by atoms with van der Waals surface area (Å²) < 4.78 is 32.0. The monoisotopic (exact) mass is 312 g/mol. The van der Waals surface area contributed by atoms with Crippen LogP contribution in [0.25, 0.3) is 0 Å². The second-order valence-corrected chi connectivity index (χ2v) is 5.62. The number of anilines is 1. The van der Waals surface area contributed by atoms with Crippen molar-refractivity contribution in [1.29, 1.82) is 0 Å².